The van der Waals surface area contributed by atoms with Crippen molar-refractivity contribution < 1.29 is 9.53 Å². The third-order valence-corrected chi connectivity index (χ3v) is 3.97. The van der Waals surface area contributed by atoms with Crippen molar-refractivity contribution in [3.8, 4) is 11.4 Å². The zero-order chi connectivity index (χ0) is 17.1. The van der Waals surface area contributed by atoms with Gasteiger partial charge >= 0.3 is 5.97 Å². The Kier molecular flexibility index (Phi) is 4.88. The van der Waals surface area contributed by atoms with Crippen molar-refractivity contribution in [1.29, 1.82) is 0 Å². The number of hydrogen-bond acceptors (Lipinski definition) is 3. The van der Waals surface area contributed by atoms with Crippen molar-refractivity contribution in [1.82, 2.24) is 9.55 Å². The lowest BCUT2D eigenvalue weighted by Crippen LogP contribution is -2.05. The predicted molar refractivity (Wildman–Crippen MR) is 94.6 cm³/mol. The monoisotopic (exact) mass is 360 g/mol. The van der Waals surface area contributed by atoms with Gasteiger partial charge in [-0.2, -0.15) is 0 Å². The molecule has 0 bridgehead atoms. The highest BCUT2D eigenvalue weighted by Gasteiger charge is 2.10. The summed E-state index contributed by atoms with van der Waals surface area (Å²) in [7, 11) is 1.37. The summed E-state index contributed by atoms with van der Waals surface area (Å²) >= 11 is 12.2. The number of aromatic nitrogens is 2. The highest BCUT2D eigenvalue weighted by molar-refractivity contribution is 6.35. The van der Waals surface area contributed by atoms with E-state index in [1.807, 2.05) is 35.0 Å². The smallest absolute Gasteiger partial charge is 0.337 e. The van der Waals surface area contributed by atoms with Gasteiger partial charge < -0.3 is 9.30 Å². The Hall–Kier alpha value is -2.30. The first-order valence-corrected chi connectivity index (χ1v) is 7.97. The van der Waals surface area contributed by atoms with E-state index in [9.17, 15) is 4.79 Å². The summed E-state index contributed by atoms with van der Waals surface area (Å²) in [5, 5.41) is 1.11. The highest BCUT2D eigenvalue weighted by Crippen LogP contribution is 2.26. The number of hydrogen-bond donors (Lipinski definition) is 0. The first-order valence-electron chi connectivity index (χ1n) is 7.21. The van der Waals surface area contributed by atoms with Crippen LogP contribution in [0.15, 0.2) is 54.9 Å². The van der Waals surface area contributed by atoms with E-state index in [0.29, 0.717) is 22.2 Å². The van der Waals surface area contributed by atoms with E-state index in [-0.39, 0.29) is 5.97 Å². The lowest BCUT2D eigenvalue weighted by Gasteiger charge is -2.10. The molecule has 0 atom stereocenters. The van der Waals surface area contributed by atoms with Crippen molar-refractivity contribution in [3.05, 3.63) is 76.0 Å². The fraction of sp³-hybridized carbons (Fsp3) is 0.111. The van der Waals surface area contributed by atoms with Gasteiger partial charge in [-0.25, -0.2) is 9.78 Å². The van der Waals surface area contributed by atoms with Crippen LogP contribution in [0.25, 0.3) is 11.4 Å². The quantitative estimate of drug-likeness (QED) is 0.633. The molecule has 0 unspecified atom stereocenters. The summed E-state index contributed by atoms with van der Waals surface area (Å²) in [6, 6.07) is 12.6. The Labute approximate surface area is 149 Å². The van der Waals surface area contributed by atoms with E-state index in [1.54, 1.807) is 24.4 Å². The van der Waals surface area contributed by atoms with Crippen molar-refractivity contribution in [2.24, 2.45) is 0 Å². The Morgan fingerprint density at radius 3 is 2.62 bits per heavy atom. The van der Waals surface area contributed by atoms with E-state index in [2.05, 4.69) is 4.98 Å². The number of nitrogens with zero attached hydrogens (tertiary/aromatic N) is 2. The maximum absolute atomic E-state index is 11.7. The van der Waals surface area contributed by atoms with E-state index < -0.39 is 0 Å². The van der Waals surface area contributed by atoms with Crippen molar-refractivity contribution >= 4 is 29.2 Å². The molecule has 24 heavy (non-hydrogen) atoms. The zero-order valence-corrected chi connectivity index (χ0v) is 14.4. The van der Waals surface area contributed by atoms with Crippen molar-refractivity contribution in [3.63, 3.8) is 0 Å². The van der Waals surface area contributed by atoms with Gasteiger partial charge in [-0.15, -0.1) is 0 Å². The van der Waals surface area contributed by atoms with Gasteiger partial charge in [0.25, 0.3) is 0 Å². The second-order valence-corrected chi connectivity index (χ2v) is 6.10. The Balaban J connectivity index is 1.93. The fourth-order valence-electron chi connectivity index (χ4n) is 2.49. The minimum Gasteiger partial charge on any atom is -0.465 e. The van der Waals surface area contributed by atoms with Crippen LogP contribution in [0.1, 0.15) is 15.9 Å². The predicted octanol–water partition coefficient (Wildman–Crippen LogP) is 4.69. The van der Waals surface area contributed by atoms with Crippen LogP contribution >= 0.6 is 23.2 Å². The second kappa shape index (κ2) is 7.07. The van der Waals surface area contributed by atoms with Crippen molar-refractivity contribution in [2.75, 3.05) is 7.11 Å². The molecular formula is C18H14Cl2N2O2. The molecule has 0 amide bonds. The lowest BCUT2D eigenvalue weighted by atomic mass is 10.1. The molecule has 2 aromatic carbocycles. The number of methoxy groups -OCH3 is 1. The first-order chi connectivity index (χ1) is 11.6. The van der Waals surface area contributed by atoms with Crippen LogP contribution in [0, 0.1) is 0 Å². The highest BCUT2D eigenvalue weighted by atomic mass is 35.5. The van der Waals surface area contributed by atoms with Gasteiger partial charge in [-0.05, 0) is 35.9 Å². The minimum absolute atomic E-state index is 0.357. The average molecular weight is 361 g/mol. The Bertz CT molecular complexity index is 870. The summed E-state index contributed by atoms with van der Waals surface area (Å²) in [6.07, 6.45) is 3.59. The average Bonchev–Trinajstić information content (AvgIpc) is 3.01. The maximum Gasteiger partial charge on any atom is 0.337 e. The van der Waals surface area contributed by atoms with E-state index >= 15 is 0 Å². The molecule has 3 aromatic rings. The number of carbonyl (C=O) groups is 1. The molecule has 1 heterocycles. The Morgan fingerprint density at radius 2 is 1.92 bits per heavy atom. The van der Waals surface area contributed by atoms with Gasteiger partial charge in [0.1, 0.15) is 5.82 Å². The molecule has 0 N–H and O–H groups in total. The van der Waals surface area contributed by atoms with E-state index in [1.165, 1.54) is 7.11 Å². The molecule has 3 rings (SSSR count). The summed E-state index contributed by atoms with van der Waals surface area (Å²) in [5.41, 5.74) is 2.31. The lowest BCUT2D eigenvalue weighted by molar-refractivity contribution is 0.0600. The van der Waals surface area contributed by atoms with Gasteiger partial charge in [0.2, 0.25) is 0 Å². The number of benzene rings is 2. The fourth-order valence-corrected chi connectivity index (χ4v) is 3.02. The molecule has 4 nitrogen and oxygen atoms in total. The molecule has 0 spiro atoms. The van der Waals surface area contributed by atoms with Crippen LogP contribution in [-0.4, -0.2) is 22.6 Å². The number of esters is 1. The molecular weight excluding hydrogens is 347 g/mol. The summed E-state index contributed by atoms with van der Waals surface area (Å²) < 4.78 is 6.73. The number of imidazole rings is 1. The number of rotatable bonds is 4. The normalized spacial score (nSPS) is 10.6. The third kappa shape index (κ3) is 3.61. The van der Waals surface area contributed by atoms with Gasteiger partial charge in [0, 0.05) is 34.5 Å². The molecule has 1 aromatic heterocycles. The van der Waals surface area contributed by atoms with Crippen LogP contribution in [-0.2, 0) is 11.3 Å². The molecule has 0 radical (unpaired) electrons. The van der Waals surface area contributed by atoms with Gasteiger partial charge in [-0.1, -0.05) is 35.3 Å². The summed E-state index contributed by atoms with van der Waals surface area (Å²) in [5.74, 6) is 0.396. The topological polar surface area (TPSA) is 44.1 Å². The third-order valence-electron chi connectivity index (χ3n) is 3.54. The first kappa shape index (κ1) is 16.6. The number of carbonyl (C=O) groups excluding carboxylic acids is 1. The standard InChI is InChI=1S/C18H14Cl2N2O2/c1-24-18(23)13-4-2-3-12(7-13)11-22-6-5-21-17(22)14-8-15(19)10-16(20)9-14/h2-10H,11H2,1H3. The Morgan fingerprint density at radius 1 is 1.17 bits per heavy atom. The van der Waals surface area contributed by atoms with Crippen LogP contribution in [0.4, 0.5) is 0 Å². The van der Waals surface area contributed by atoms with Crippen LogP contribution in [0.2, 0.25) is 10.0 Å². The molecule has 0 aliphatic rings. The summed E-state index contributed by atoms with van der Waals surface area (Å²) in [6.45, 7) is 0.560. The van der Waals surface area contributed by atoms with E-state index in [0.717, 1.165) is 17.0 Å². The molecule has 0 aliphatic heterocycles. The van der Waals surface area contributed by atoms with Crippen LogP contribution in [0.5, 0.6) is 0 Å². The minimum atomic E-state index is -0.357. The molecule has 122 valence electrons. The van der Waals surface area contributed by atoms with Crippen molar-refractivity contribution in [2.45, 2.75) is 6.54 Å². The number of halogens is 2. The molecule has 0 saturated carbocycles. The van der Waals surface area contributed by atoms with E-state index in [4.69, 9.17) is 27.9 Å². The van der Waals surface area contributed by atoms with Crippen LogP contribution < -0.4 is 0 Å². The summed E-state index contributed by atoms with van der Waals surface area (Å²) in [4.78, 5) is 16.1. The second-order valence-electron chi connectivity index (χ2n) is 5.23. The zero-order valence-electron chi connectivity index (χ0n) is 12.9. The number of ether oxygens (including phenoxy) is 1. The largest absolute Gasteiger partial charge is 0.465 e. The molecule has 6 heteroatoms. The van der Waals surface area contributed by atoms with Gasteiger partial charge in [0.15, 0.2) is 0 Å². The SMILES string of the molecule is COC(=O)c1cccc(Cn2ccnc2-c2cc(Cl)cc(Cl)c2)c1. The molecule has 0 aliphatic carbocycles. The van der Waals surface area contributed by atoms with Crippen LogP contribution in [0.3, 0.4) is 0 Å². The van der Waals surface area contributed by atoms with Gasteiger partial charge in [0.05, 0.1) is 12.7 Å². The molecule has 0 fully saturated rings. The molecule has 0 saturated heterocycles. The maximum atomic E-state index is 11.7. The van der Waals surface area contributed by atoms with Gasteiger partial charge in [-0.3, -0.25) is 0 Å².